The number of rotatable bonds is 1. The summed E-state index contributed by atoms with van der Waals surface area (Å²) in [5.41, 5.74) is 1.76. The van der Waals surface area contributed by atoms with Crippen molar-refractivity contribution >= 4 is 38.5 Å². The molecule has 0 radical (unpaired) electrons. The predicted molar refractivity (Wildman–Crippen MR) is 86.7 cm³/mol. The molecule has 0 fully saturated rings. The monoisotopic (exact) mass is 274 g/mol. The van der Waals surface area contributed by atoms with Gasteiger partial charge in [0.1, 0.15) is 11.0 Å². The number of aromatic nitrogens is 3. The van der Waals surface area contributed by atoms with E-state index in [1.165, 1.54) is 10.8 Å². The van der Waals surface area contributed by atoms with E-state index >= 15 is 0 Å². The lowest BCUT2D eigenvalue weighted by Gasteiger charge is -2.12. The number of nitrogens with zero attached hydrogens (tertiary/aromatic N) is 4. The van der Waals surface area contributed by atoms with Crippen LogP contribution in [0.3, 0.4) is 0 Å². The lowest BCUT2D eigenvalue weighted by atomic mass is 10.00. The molecule has 0 aliphatic rings. The van der Waals surface area contributed by atoms with Gasteiger partial charge >= 0.3 is 0 Å². The Kier molecular flexibility index (Phi) is 2.51. The Balaban J connectivity index is 2.30. The van der Waals surface area contributed by atoms with Crippen molar-refractivity contribution in [3.63, 3.8) is 0 Å². The van der Waals surface area contributed by atoms with Crippen LogP contribution in [-0.2, 0) is 0 Å². The van der Waals surface area contributed by atoms with Crippen LogP contribution < -0.4 is 4.90 Å². The lowest BCUT2D eigenvalue weighted by molar-refractivity contribution is 0.943. The summed E-state index contributed by atoms with van der Waals surface area (Å²) < 4.78 is 0. The average Bonchev–Trinajstić information content (AvgIpc) is 2.54. The molecule has 0 aliphatic heterocycles. The molecule has 21 heavy (non-hydrogen) atoms. The smallest absolute Gasteiger partial charge is 0.245 e. The summed E-state index contributed by atoms with van der Waals surface area (Å²) in [6, 6.07) is 16.6. The van der Waals surface area contributed by atoms with Crippen LogP contribution in [0.5, 0.6) is 0 Å². The Hall–Kier alpha value is -2.75. The molecule has 1 heterocycles. The quantitative estimate of drug-likeness (QED) is 0.499. The van der Waals surface area contributed by atoms with E-state index in [2.05, 4.69) is 46.6 Å². The maximum absolute atomic E-state index is 4.71. The highest BCUT2D eigenvalue weighted by Crippen LogP contribution is 2.32. The fourth-order valence-electron chi connectivity index (χ4n) is 2.73. The molecule has 0 saturated heterocycles. The molecule has 3 aromatic carbocycles. The molecule has 0 saturated carbocycles. The normalized spacial score (nSPS) is 11.3. The molecule has 4 rings (SSSR count). The maximum atomic E-state index is 4.71. The molecule has 0 N–H and O–H groups in total. The highest BCUT2D eigenvalue weighted by atomic mass is 15.3. The van der Waals surface area contributed by atoms with Gasteiger partial charge in [-0.15, -0.1) is 10.2 Å². The Morgan fingerprint density at radius 2 is 1.19 bits per heavy atom. The van der Waals surface area contributed by atoms with Gasteiger partial charge in [0.15, 0.2) is 0 Å². The zero-order valence-electron chi connectivity index (χ0n) is 11.9. The van der Waals surface area contributed by atoms with Crippen LogP contribution in [0.1, 0.15) is 0 Å². The minimum Gasteiger partial charge on any atom is -0.346 e. The van der Waals surface area contributed by atoms with Gasteiger partial charge in [-0.05, 0) is 10.8 Å². The summed E-state index contributed by atoms with van der Waals surface area (Å²) in [6.45, 7) is 0. The van der Waals surface area contributed by atoms with Gasteiger partial charge in [-0.1, -0.05) is 48.5 Å². The van der Waals surface area contributed by atoms with Crippen molar-refractivity contribution in [3.05, 3.63) is 48.5 Å². The van der Waals surface area contributed by atoms with Crippen molar-refractivity contribution in [2.24, 2.45) is 0 Å². The van der Waals surface area contributed by atoms with E-state index in [0.29, 0.717) is 5.95 Å². The van der Waals surface area contributed by atoms with Gasteiger partial charge in [0.25, 0.3) is 0 Å². The Labute approximate surface area is 122 Å². The second-order valence-electron chi connectivity index (χ2n) is 5.29. The summed E-state index contributed by atoms with van der Waals surface area (Å²) in [5.74, 6) is 0.628. The third-order valence-electron chi connectivity index (χ3n) is 3.73. The number of anilines is 1. The van der Waals surface area contributed by atoms with Gasteiger partial charge in [0.2, 0.25) is 5.95 Å². The summed E-state index contributed by atoms with van der Waals surface area (Å²) in [5, 5.41) is 13.3. The Bertz CT molecular complexity index is 941. The molecule has 0 amide bonds. The Morgan fingerprint density at radius 3 is 1.76 bits per heavy atom. The van der Waals surface area contributed by atoms with E-state index in [9.17, 15) is 0 Å². The number of hydrogen-bond acceptors (Lipinski definition) is 4. The van der Waals surface area contributed by atoms with Gasteiger partial charge < -0.3 is 4.90 Å². The van der Waals surface area contributed by atoms with E-state index in [1.807, 2.05) is 31.1 Å². The van der Waals surface area contributed by atoms with Crippen molar-refractivity contribution < 1.29 is 0 Å². The first kappa shape index (κ1) is 12.0. The van der Waals surface area contributed by atoms with Crippen LogP contribution >= 0.6 is 0 Å². The lowest BCUT2D eigenvalue weighted by Crippen LogP contribution is -2.13. The molecule has 4 aromatic rings. The summed E-state index contributed by atoms with van der Waals surface area (Å²) in [7, 11) is 3.85. The molecule has 102 valence electrons. The Morgan fingerprint density at radius 1 is 0.667 bits per heavy atom. The first-order valence-corrected chi connectivity index (χ1v) is 6.87. The summed E-state index contributed by atoms with van der Waals surface area (Å²) in [4.78, 5) is 6.58. The minimum atomic E-state index is 0.628. The maximum Gasteiger partial charge on any atom is 0.245 e. The molecule has 1 aromatic heterocycles. The first-order chi connectivity index (χ1) is 10.3. The second-order valence-corrected chi connectivity index (χ2v) is 5.29. The van der Waals surface area contributed by atoms with E-state index < -0.39 is 0 Å². The van der Waals surface area contributed by atoms with E-state index in [1.54, 1.807) is 0 Å². The van der Waals surface area contributed by atoms with Crippen LogP contribution in [-0.4, -0.2) is 29.3 Å². The van der Waals surface area contributed by atoms with Gasteiger partial charge in [0, 0.05) is 24.9 Å². The third-order valence-corrected chi connectivity index (χ3v) is 3.73. The van der Waals surface area contributed by atoms with Crippen LogP contribution in [0.4, 0.5) is 5.95 Å². The molecule has 0 unspecified atom stereocenters. The topological polar surface area (TPSA) is 41.9 Å². The molecular formula is C17H14N4. The number of fused-ring (bicyclic) bond motifs is 6. The zero-order valence-corrected chi connectivity index (χ0v) is 11.9. The third kappa shape index (κ3) is 1.72. The molecule has 0 spiro atoms. The molecular weight excluding hydrogens is 260 g/mol. The predicted octanol–water partition coefficient (Wildman–Crippen LogP) is 3.40. The molecule has 0 bridgehead atoms. The summed E-state index contributed by atoms with van der Waals surface area (Å²) in [6.07, 6.45) is 0. The van der Waals surface area contributed by atoms with Crippen molar-refractivity contribution in [3.8, 4) is 0 Å². The van der Waals surface area contributed by atoms with Crippen molar-refractivity contribution in [2.45, 2.75) is 0 Å². The van der Waals surface area contributed by atoms with Gasteiger partial charge in [-0.2, -0.15) is 0 Å². The first-order valence-electron chi connectivity index (χ1n) is 6.87. The van der Waals surface area contributed by atoms with Crippen LogP contribution in [0.15, 0.2) is 48.5 Å². The highest BCUT2D eigenvalue weighted by Gasteiger charge is 2.12. The van der Waals surface area contributed by atoms with Crippen molar-refractivity contribution in [1.82, 2.24) is 15.2 Å². The standard InChI is InChI=1S/C17H14N4/c1-21(2)17-18-15-13-9-5-3-7-11(13)12-8-4-6-10-14(12)16(15)19-20-17/h3-10H,1-2H3. The van der Waals surface area contributed by atoms with Crippen LogP contribution in [0.25, 0.3) is 32.6 Å². The zero-order chi connectivity index (χ0) is 14.4. The van der Waals surface area contributed by atoms with E-state index in [4.69, 9.17) is 4.98 Å². The molecule has 4 nitrogen and oxygen atoms in total. The van der Waals surface area contributed by atoms with E-state index in [0.717, 1.165) is 21.8 Å². The number of benzene rings is 3. The van der Waals surface area contributed by atoms with Gasteiger partial charge in [0.05, 0.1) is 0 Å². The fourth-order valence-corrected chi connectivity index (χ4v) is 2.73. The van der Waals surface area contributed by atoms with Crippen molar-refractivity contribution in [1.29, 1.82) is 0 Å². The molecule has 0 aliphatic carbocycles. The second kappa shape index (κ2) is 4.38. The van der Waals surface area contributed by atoms with E-state index in [-0.39, 0.29) is 0 Å². The molecule has 0 atom stereocenters. The largest absolute Gasteiger partial charge is 0.346 e. The van der Waals surface area contributed by atoms with Gasteiger partial charge in [-0.3, -0.25) is 0 Å². The fraction of sp³-hybridized carbons (Fsp3) is 0.118. The SMILES string of the molecule is CN(C)c1nnc2c3ccccc3c3ccccc3c2n1. The summed E-state index contributed by atoms with van der Waals surface area (Å²) >= 11 is 0. The van der Waals surface area contributed by atoms with Crippen LogP contribution in [0.2, 0.25) is 0 Å². The molecule has 4 heteroatoms. The minimum absolute atomic E-state index is 0.628. The van der Waals surface area contributed by atoms with Crippen molar-refractivity contribution in [2.75, 3.05) is 19.0 Å². The average molecular weight is 274 g/mol. The van der Waals surface area contributed by atoms with Crippen LogP contribution in [0, 0.1) is 0 Å². The number of hydrogen-bond donors (Lipinski definition) is 0. The van der Waals surface area contributed by atoms with Gasteiger partial charge in [-0.25, -0.2) is 4.98 Å². The highest BCUT2D eigenvalue weighted by molar-refractivity contribution is 6.22.